The molecule has 1 aromatic heterocycles. The Morgan fingerprint density at radius 1 is 1.58 bits per heavy atom. The maximum Gasteiger partial charge on any atom is 0.269 e. The van der Waals surface area contributed by atoms with Crippen molar-refractivity contribution in [3.63, 3.8) is 0 Å². The van der Waals surface area contributed by atoms with Crippen molar-refractivity contribution in [2.24, 2.45) is 0 Å². The van der Waals surface area contributed by atoms with E-state index in [1.165, 1.54) is 6.20 Å². The molecule has 0 amide bonds. The molecule has 0 fully saturated rings. The van der Waals surface area contributed by atoms with Crippen molar-refractivity contribution < 1.29 is 8.78 Å². The van der Waals surface area contributed by atoms with Crippen LogP contribution in [0.25, 0.3) is 0 Å². The van der Waals surface area contributed by atoms with Gasteiger partial charge in [-0.3, -0.25) is 4.79 Å². The molecule has 0 spiro atoms. The van der Waals surface area contributed by atoms with Gasteiger partial charge in [-0.25, -0.2) is 8.78 Å². The van der Waals surface area contributed by atoms with Crippen molar-refractivity contribution in [3.8, 4) is 0 Å². The second-order valence-corrected chi connectivity index (χ2v) is 2.73. The third-order valence-corrected chi connectivity index (χ3v) is 2.00. The topological polar surface area (TPSA) is 32.9 Å². The van der Waals surface area contributed by atoms with Gasteiger partial charge in [-0.1, -0.05) is 15.9 Å². The van der Waals surface area contributed by atoms with Crippen molar-refractivity contribution in [2.75, 3.05) is 0 Å². The van der Waals surface area contributed by atoms with E-state index in [0.717, 1.165) is 6.07 Å². The summed E-state index contributed by atoms with van der Waals surface area (Å²) in [5, 5.41) is 0.225. The molecule has 0 bridgehead atoms. The smallest absolute Gasteiger partial charge is 0.269 e. The Labute approximate surface area is 75.7 Å². The SMILES string of the molecule is O=c1cc[nH]c(CBr)c1C(F)F. The number of rotatable bonds is 2. The molecule has 0 aliphatic carbocycles. The minimum atomic E-state index is -2.72. The van der Waals surface area contributed by atoms with Gasteiger partial charge >= 0.3 is 0 Å². The van der Waals surface area contributed by atoms with Crippen molar-refractivity contribution in [1.82, 2.24) is 4.98 Å². The van der Waals surface area contributed by atoms with Gasteiger partial charge in [-0.05, 0) is 0 Å². The number of pyridine rings is 1. The van der Waals surface area contributed by atoms with Crippen LogP contribution in [0.2, 0.25) is 0 Å². The Balaban J connectivity index is 3.30. The average molecular weight is 238 g/mol. The van der Waals surface area contributed by atoms with Crippen LogP contribution in [-0.4, -0.2) is 4.98 Å². The Morgan fingerprint density at radius 3 is 2.67 bits per heavy atom. The Morgan fingerprint density at radius 2 is 2.25 bits per heavy atom. The van der Waals surface area contributed by atoms with Gasteiger partial charge in [-0.2, -0.15) is 0 Å². The fourth-order valence-electron chi connectivity index (χ4n) is 0.884. The largest absolute Gasteiger partial charge is 0.364 e. The Kier molecular flexibility index (Phi) is 2.97. The van der Waals surface area contributed by atoms with Crippen LogP contribution in [0.3, 0.4) is 0 Å². The maximum atomic E-state index is 12.2. The molecule has 0 aliphatic heterocycles. The summed E-state index contributed by atoms with van der Waals surface area (Å²) in [6, 6.07) is 1.09. The molecular weight excluding hydrogens is 232 g/mol. The van der Waals surface area contributed by atoms with Gasteiger partial charge < -0.3 is 4.98 Å². The van der Waals surface area contributed by atoms with Gasteiger partial charge in [0.05, 0.1) is 5.56 Å². The van der Waals surface area contributed by atoms with Gasteiger partial charge in [0, 0.05) is 23.3 Å². The number of alkyl halides is 3. The molecule has 0 aromatic carbocycles. The summed E-state index contributed by atoms with van der Waals surface area (Å²) in [6.45, 7) is 0. The van der Waals surface area contributed by atoms with Gasteiger partial charge in [0.1, 0.15) is 0 Å². The number of hydrogen-bond acceptors (Lipinski definition) is 1. The zero-order valence-electron chi connectivity index (χ0n) is 5.98. The fraction of sp³-hybridized carbons (Fsp3) is 0.286. The quantitative estimate of drug-likeness (QED) is 0.787. The van der Waals surface area contributed by atoms with E-state index in [2.05, 4.69) is 20.9 Å². The van der Waals surface area contributed by atoms with Crippen LogP contribution >= 0.6 is 15.9 Å². The first-order valence-electron chi connectivity index (χ1n) is 3.21. The highest BCUT2D eigenvalue weighted by atomic mass is 79.9. The van der Waals surface area contributed by atoms with Crippen molar-refractivity contribution in [3.05, 3.63) is 33.7 Å². The Hall–Kier alpha value is -0.710. The lowest BCUT2D eigenvalue weighted by atomic mass is 10.2. The molecule has 0 atom stereocenters. The summed E-state index contributed by atoms with van der Waals surface area (Å²) in [4.78, 5) is 13.5. The summed E-state index contributed by atoms with van der Waals surface area (Å²) in [5.41, 5.74) is -0.843. The maximum absolute atomic E-state index is 12.2. The zero-order chi connectivity index (χ0) is 9.14. The van der Waals surface area contributed by atoms with Crippen LogP contribution in [0.1, 0.15) is 17.7 Å². The van der Waals surface area contributed by atoms with Gasteiger partial charge in [-0.15, -0.1) is 0 Å². The molecule has 12 heavy (non-hydrogen) atoms. The number of nitrogens with one attached hydrogen (secondary N) is 1. The number of aromatic nitrogens is 1. The summed E-state index contributed by atoms with van der Waals surface area (Å²) in [5.74, 6) is 0. The molecule has 2 nitrogen and oxygen atoms in total. The molecule has 0 saturated heterocycles. The predicted molar refractivity (Wildman–Crippen MR) is 44.7 cm³/mol. The lowest BCUT2D eigenvalue weighted by Gasteiger charge is -2.03. The summed E-state index contributed by atoms with van der Waals surface area (Å²) in [7, 11) is 0. The fourth-order valence-corrected chi connectivity index (χ4v) is 1.35. The minimum absolute atomic E-state index is 0.225. The first-order chi connectivity index (χ1) is 5.66. The third-order valence-electron chi connectivity index (χ3n) is 1.43. The zero-order valence-corrected chi connectivity index (χ0v) is 7.57. The molecule has 5 heteroatoms. The highest BCUT2D eigenvalue weighted by Gasteiger charge is 2.15. The predicted octanol–water partition coefficient (Wildman–Crippen LogP) is 2.21. The second kappa shape index (κ2) is 3.80. The molecule has 1 aromatic rings. The third kappa shape index (κ3) is 1.72. The highest BCUT2D eigenvalue weighted by molar-refractivity contribution is 9.08. The molecule has 0 radical (unpaired) electrons. The molecular formula is C7H6BrF2NO. The van der Waals surface area contributed by atoms with E-state index in [4.69, 9.17) is 0 Å². The monoisotopic (exact) mass is 237 g/mol. The lowest BCUT2D eigenvalue weighted by molar-refractivity contribution is 0.149. The summed E-state index contributed by atoms with van der Waals surface area (Å²) >= 11 is 3.01. The minimum Gasteiger partial charge on any atom is -0.364 e. The van der Waals surface area contributed by atoms with Gasteiger partial charge in [0.15, 0.2) is 5.43 Å². The highest BCUT2D eigenvalue weighted by Crippen LogP contribution is 2.18. The van der Waals surface area contributed by atoms with Crippen LogP contribution < -0.4 is 5.43 Å². The van der Waals surface area contributed by atoms with Crippen LogP contribution in [0.15, 0.2) is 17.1 Å². The lowest BCUT2D eigenvalue weighted by Crippen LogP contribution is -2.12. The van der Waals surface area contributed by atoms with Crippen LogP contribution in [0, 0.1) is 0 Å². The molecule has 0 aliphatic rings. The molecule has 0 saturated carbocycles. The van der Waals surface area contributed by atoms with E-state index in [1.807, 2.05) is 0 Å². The molecule has 1 heterocycles. The van der Waals surface area contributed by atoms with E-state index in [1.54, 1.807) is 0 Å². The normalized spacial score (nSPS) is 10.7. The van der Waals surface area contributed by atoms with Crippen LogP contribution in [0.4, 0.5) is 8.78 Å². The van der Waals surface area contributed by atoms with Crippen molar-refractivity contribution >= 4 is 15.9 Å². The van der Waals surface area contributed by atoms with Crippen molar-refractivity contribution in [1.29, 1.82) is 0 Å². The first-order valence-corrected chi connectivity index (χ1v) is 4.33. The van der Waals surface area contributed by atoms with E-state index in [0.29, 0.717) is 0 Å². The summed E-state index contributed by atoms with van der Waals surface area (Å²) in [6.07, 6.45) is -1.37. The molecule has 0 unspecified atom stereocenters. The van der Waals surface area contributed by atoms with Crippen LogP contribution in [-0.2, 0) is 5.33 Å². The Bertz CT molecular complexity index is 323. The second-order valence-electron chi connectivity index (χ2n) is 2.17. The number of H-pyrrole nitrogens is 1. The van der Waals surface area contributed by atoms with Crippen LogP contribution in [0.5, 0.6) is 0 Å². The van der Waals surface area contributed by atoms with Gasteiger partial charge in [0.2, 0.25) is 0 Å². The average Bonchev–Trinajstić information content (AvgIpc) is 2.03. The molecule has 1 rings (SSSR count). The van der Waals surface area contributed by atoms with Gasteiger partial charge in [0.25, 0.3) is 6.43 Å². The number of aromatic amines is 1. The van der Waals surface area contributed by atoms with Crippen molar-refractivity contribution in [2.45, 2.75) is 11.8 Å². The van der Waals surface area contributed by atoms with E-state index in [9.17, 15) is 13.6 Å². The molecule has 1 N–H and O–H groups in total. The summed E-state index contributed by atoms with van der Waals surface area (Å²) < 4.78 is 24.5. The van der Waals surface area contributed by atoms with E-state index >= 15 is 0 Å². The first kappa shape index (κ1) is 9.38. The number of halogens is 3. The van der Waals surface area contributed by atoms with E-state index in [-0.39, 0.29) is 11.0 Å². The standard InChI is InChI=1S/C7H6BrF2NO/c8-3-4-6(7(9)10)5(12)1-2-11-4/h1-2,7H,3H2,(H,11,12). The molecule has 66 valence electrons. The number of hydrogen-bond donors (Lipinski definition) is 1. The van der Waals surface area contributed by atoms with E-state index < -0.39 is 17.4 Å².